The lowest BCUT2D eigenvalue weighted by Crippen LogP contribution is -2.46. The molecule has 3 unspecified atom stereocenters. The van der Waals surface area contributed by atoms with E-state index in [2.05, 4.69) is 86.8 Å². The Hall–Kier alpha value is -3.22. The predicted octanol–water partition coefficient (Wildman–Crippen LogP) is 15.3. The molecule has 0 aliphatic heterocycles. The second-order valence-corrected chi connectivity index (χ2v) is 17.0. The summed E-state index contributed by atoms with van der Waals surface area (Å²) in [5.74, 6) is -0.547. The Morgan fingerprint density at radius 1 is 0.468 bits per heavy atom. The molecule has 0 aliphatic carbocycles. The minimum atomic E-state index is -0.808. The topological polar surface area (TPSA) is 95.9 Å². The number of allylic oxidation sites excluding steroid dienone is 16. The Morgan fingerprint density at radius 2 is 0.855 bits per heavy atom. The summed E-state index contributed by atoms with van der Waals surface area (Å²) in [4.78, 5) is 26.1. The first-order valence-electron chi connectivity index (χ1n) is 25.6. The van der Waals surface area contributed by atoms with Crippen LogP contribution in [-0.4, -0.2) is 46.9 Å². The molecule has 62 heavy (non-hydrogen) atoms. The molecule has 0 radical (unpaired) electrons. The van der Waals surface area contributed by atoms with E-state index in [0.29, 0.717) is 19.3 Å². The molecule has 0 aromatic heterocycles. The monoisotopic (exact) mass is 862 g/mol. The van der Waals surface area contributed by atoms with Gasteiger partial charge in [0.1, 0.15) is 6.10 Å². The third-order valence-corrected chi connectivity index (χ3v) is 11.1. The number of ether oxygens (including phenoxy) is 1. The van der Waals surface area contributed by atoms with E-state index in [1.807, 2.05) is 36.5 Å². The summed E-state index contributed by atoms with van der Waals surface area (Å²) >= 11 is 0. The number of carbonyl (C=O) groups excluding carboxylic acids is 2. The summed E-state index contributed by atoms with van der Waals surface area (Å²) in [6, 6.07) is -0.725. The van der Waals surface area contributed by atoms with E-state index in [9.17, 15) is 19.8 Å². The van der Waals surface area contributed by atoms with E-state index in [4.69, 9.17) is 4.74 Å². The van der Waals surface area contributed by atoms with Crippen molar-refractivity contribution in [3.63, 3.8) is 0 Å². The van der Waals surface area contributed by atoms with E-state index in [1.54, 1.807) is 0 Å². The predicted molar refractivity (Wildman–Crippen MR) is 268 cm³/mol. The molecule has 354 valence electrons. The second-order valence-electron chi connectivity index (χ2n) is 17.0. The fourth-order valence-corrected chi connectivity index (χ4v) is 7.17. The third kappa shape index (κ3) is 43.4. The Morgan fingerprint density at radius 3 is 1.32 bits per heavy atom. The maximum Gasteiger partial charge on any atom is 0.306 e. The average molecular weight is 862 g/mol. The zero-order valence-electron chi connectivity index (χ0n) is 40.2. The van der Waals surface area contributed by atoms with E-state index < -0.39 is 18.2 Å². The van der Waals surface area contributed by atoms with Crippen molar-refractivity contribution in [3.8, 4) is 0 Å². The van der Waals surface area contributed by atoms with Crippen LogP contribution < -0.4 is 5.32 Å². The standard InChI is InChI=1S/C56H95NO5/c1-4-7-10-13-16-19-21-23-25-27-28-30-32-34-37-40-43-46-49-56(61)62-52(47-44-41-38-36-33-31-29-26-24-22-20-17-14-11-8-5-2)50-55(60)57-53(51-58)54(59)48-45-42-39-35-18-15-12-9-6-3/h11,14,17,20-31,33,52-54,58-59H,4-10,12-13,15-16,18-19,32,34-51H2,1-3H3,(H,57,60)/b14-11+,20-17+,23-21+,24-22+,27-25+,29-26+,30-28+,33-31+. The van der Waals surface area contributed by atoms with Gasteiger partial charge in [0.05, 0.1) is 25.2 Å². The highest BCUT2D eigenvalue weighted by Crippen LogP contribution is 2.17. The largest absolute Gasteiger partial charge is 0.462 e. The van der Waals surface area contributed by atoms with Crippen LogP contribution in [0.3, 0.4) is 0 Å². The Balaban J connectivity index is 4.73. The molecule has 0 heterocycles. The number of carbonyl (C=O) groups is 2. The molecule has 0 saturated carbocycles. The summed E-state index contributed by atoms with van der Waals surface area (Å²) < 4.78 is 5.90. The van der Waals surface area contributed by atoms with E-state index >= 15 is 0 Å². The maximum absolute atomic E-state index is 13.2. The van der Waals surface area contributed by atoms with E-state index in [-0.39, 0.29) is 24.9 Å². The number of esters is 1. The van der Waals surface area contributed by atoms with Crippen LogP contribution in [-0.2, 0) is 14.3 Å². The van der Waals surface area contributed by atoms with Gasteiger partial charge in [-0.05, 0) is 70.6 Å². The van der Waals surface area contributed by atoms with Gasteiger partial charge in [-0.1, -0.05) is 234 Å². The number of hydrogen-bond acceptors (Lipinski definition) is 5. The zero-order valence-corrected chi connectivity index (χ0v) is 40.2. The lowest BCUT2D eigenvalue weighted by Gasteiger charge is -2.24. The minimum Gasteiger partial charge on any atom is -0.462 e. The molecule has 1 amide bonds. The molecular formula is C56H95NO5. The van der Waals surface area contributed by atoms with Gasteiger partial charge in [0, 0.05) is 6.42 Å². The number of aliphatic hydroxyl groups is 2. The first kappa shape index (κ1) is 58.8. The van der Waals surface area contributed by atoms with Gasteiger partial charge in [0.15, 0.2) is 0 Å². The van der Waals surface area contributed by atoms with Gasteiger partial charge >= 0.3 is 5.97 Å². The number of rotatable bonds is 44. The van der Waals surface area contributed by atoms with Crippen molar-refractivity contribution in [2.24, 2.45) is 0 Å². The average Bonchev–Trinajstić information content (AvgIpc) is 3.26. The fourth-order valence-electron chi connectivity index (χ4n) is 7.17. The second kappa shape index (κ2) is 48.8. The van der Waals surface area contributed by atoms with Gasteiger partial charge in [-0.2, -0.15) is 0 Å². The van der Waals surface area contributed by atoms with Gasteiger partial charge in [0.25, 0.3) is 0 Å². The summed E-state index contributed by atoms with van der Waals surface area (Å²) in [7, 11) is 0. The molecule has 0 aromatic carbocycles. The molecule has 6 nitrogen and oxygen atoms in total. The quantitative estimate of drug-likeness (QED) is 0.0322. The van der Waals surface area contributed by atoms with Crippen LogP contribution in [0.1, 0.15) is 220 Å². The van der Waals surface area contributed by atoms with Crippen molar-refractivity contribution >= 4 is 11.9 Å². The highest BCUT2D eigenvalue weighted by Gasteiger charge is 2.24. The first-order chi connectivity index (χ1) is 30.5. The summed E-state index contributed by atoms with van der Waals surface area (Å²) in [6.07, 6.45) is 64.6. The lowest BCUT2D eigenvalue weighted by molar-refractivity contribution is -0.151. The van der Waals surface area contributed by atoms with Crippen LogP contribution in [0.2, 0.25) is 0 Å². The smallest absolute Gasteiger partial charge is 0.306 e. The molecule has 0 fully saturated rings. The van der Waals surface area contributed by atoms with Crippen molar-refractivity contribution in [2.75, 3.05) is 6.61 Å². The Kier molecular flexibility index (Phi) is 46.3. The van der Waals surface area contributed by atoms with E-state index in [0.717, 1.165) is 96.3 Å². The first-order valence-corrected chi connectivity index (χ1v) is 25.6. The van der Waals surface area contributed by atoms with Crippen molar-refractivity contribution in [3.05, 3.63) is 97.2 Å². The van der Waals surface area contributed by atoms with Crippen LogP contribution in [0.5, 0.6) is 0 Å². The molecule has 0 aliphatic rings. The third-order valence-electron chi connectivity index (χ3n) is 11.1. The molecule has 3 N–H and O–H groups in total. The SMILES string of the molecule is CCC/C=C/C=C/C=C/C=C/C=C/CCCCCC(CC(=O)NC(CO)C(O)CCCCCCCCCCC)OC(=O)CCCCCCC/C=C/C=C/C=C/CCCCCCC. The number of unbranched alkanes of at least 4 members (excludes halogenated alkanes) is 22. The lowest BCUT2D eigenvalue weighted by atomic mass is 10.0. The highest BCUT2D eigenvalue weighted by molar-refractivity contribution is 5.77. The number of amides is 1. The Bertz CT molecular complexity index is 1240. The summed E-state index contributed by atoms with van der Waals surface area (Å²) in [5, 5.41) is 23.7. The van der Waals surface area contributed by atoms with Gasteiger partial charge in [0.2, 0.25) is 5.91 Å². The zero-order chi connectivity index (χ0) is 45.2. The van der Waals surface area contributed by atoms with Gasteiger partial charge in [-0.15, -0.1) is 0 Å². The van der Waals surface area contributed by atoms with Crippen LogP contribution in [0, 0.1) is 0 Å². The normalized spacial score (nSPS) is 14.1. The highest BCUT2D eigenvalue weighted by atomic mass is 16.5. The fraction of sp³-hybridized carbons (Fsp3) is 0.679. The maximum atomic E-state index is 13.2. The molecule has 0 saturated heterocycles. The molecule has 0 aromatic rings. The van der Waals surface area contributed by atoms with Gasteiger partial charge < -0.3 is 20.3 Å². The van der Waals surface area contributed by atoms with Crippen LogP contribution in [0.15, 0.2) is 97.2 Å². The van der Waals surface area contributed by atoms with E-state index in [1.165, 1.54) is 77.0 Å². The summed E-state index contributed by atoms with van der Waals surface area (Å²) in [6.45, 7) is 6.33. The molecule has 0 rings (SSSR count). The number of hydrogen-bond donors (Lipinski definition) is 3. The van der Waals surface area contributed by atoms with Gasteiger partial charge in [-0.3, -0.25) is 9.59 Å². The molecule has 0 spiro atoms. The Labute approximate surface area is 382 Å². The van der Waals surface area contributed by atoms with Crippen LogP contribution in [0.25, 0.3) is 0 Å². The van der Waals surface area contributed by atoms with Crippen molar-refractivity contribution in [2.45, 2.75) is 238 Å². The molecule has 0 bridgehead atoms. The molecular weight excluding hydrogens is 767 g/mol. The van der Waals surface area contributed by atoms with Crippen LogP contribution in [0.4, 0.5) is 0 Å². The molecule has 3 atom stereocenters. The number of nitrogens with one attached hydrogen (secondary N) is 1. The minimum absolute atomic E-state index is 0.0353. The number of aliphatic hydroxyl groups excluding tert-OH is 2. The van der Waals surface area contributed by atoms with Crippen molar-refractivity contribution in [1.29, 1.82) is 0 Å². The van der Waals surface area contributed by atoms with Crippen molar-refractivity contribution in [1.82, 2.24) is 5.32 Å². The van der Waals surface area contributed by atoms with Crippen molar-refractivity contribution < 1.29 is 24.5 Å². The van der Waals surface area contributed by atoms with Crippen LogP contribution >= 0.6 is 0 Å². The van der Waals surface area contributed by atoms with Gasteiger partial charge in [-0.25, -0.2) is 0 Å². The molecule has 6 heteroatoms. The summed E-state index contributed by atoms with van der Waals surface area (Å²) in [5.41, 5.74) is 0.